The molecular weight excluding hydrogens is 464 g/mol. The Hall–Kier alpha value is -2.97. The maximum atomic E-state index is 13.8. The molecule has 2 aromatic carbocycles. The summed E-state index contributed by atoms with van der Waals surface area (Å²) in [6.45, 7) is 4.33. The molecule has 0 spiro atoms. The van der Waals surface area contributed by atoms with E-state index in [-0.39, 0.29) is 0 Å². The summed E-state index contributed by atoms with van der Waals surface area (Å²) >= 11 is 1.67. The number of para-hydroxylation sites is 1. The minimum absolute atomic E-state index is 0.320. The summed E-state index contributed by atoms with van der Waals surface area (Å²) in [5.74, 6) is 0.979. The van der Waals surface area contributed by atoms with Gasteiger partial charge in [-0.25, -0.2) is 18.4 Å². The number of piperidine rings is 1. The van der Waals surface area contributed by atoms with Gasteiger partial charge < -0.3 is 4.90 Å². The second kappa shape index (κ2) is 8.36. The first kappa shape index (κ1) is 21.6. The van der Waals surface area contributed by atoms with E-state index in [1.54, 1.807) is 34.1 Å². The van der Waals surface area contributed by atoms with Crippen LogP contribution in [-0.4, -0.2) is 38.0 Å². The quantitative estimate of drug-likeness (QED) is 0.384. The molecule has 174 valence electrons. The Morgan fingerprint density at radius 3 is 2.47 bits per heavy atom. The van der Waals surface area contributed by atoms with Gasteiger partial charge >= 0.3 is 0 Å². The Labute approximate surface area is 203 Å². The van der Waals surface area contributed by atoms with E-state index in [9.17, 15) is 8.42 Å². The summed E-state index contributed by atoms with van der Waals surface area (Å²) in [5, 5.41) is 1.06. The van der Waals surface area contributed by atoms with E-state index >= 15 is 0 Å². The second-order valence-electron chi connectivity index (χ2n) is 8.98. The van der Waals surface area contributed by atoms with E-state index < -0.39 is 10.0 Å². The average molecular weight is 491 g/mol. The topological polar surface area (TPSA) is 66.4 Å². The van der Waals surface area contributed by atoms with Gasteiger partial charge in [0.25, 0.3) is 10.0 Å². The predicted molar refractivity (Wildman–Crippen MR) is 138 cm³/mol. The highest BCUT2D eigenvalue weighted by Gasteiger charge is 2.33. The summed E-state index contributed by atoms with van der Waals surface area (Å²) in [6, 6.07) is 15.0. The van der Waals surface area contributed by atoms with Gasteiger partial charge in [-0.2, -0.15) is 0 Å². The fourth-order valence-corrected chi connectivity index (χ4v) is 7.70. The molecule has 0 aliphatic carbocycles. The van der Waals surface area contributed by atoms with Gasteiger partial charge in [-0.3, -0.25) is 4.31 Å². The summed E-state index contributed by atoms with van der Waals surface area (Å²) in [5.41, 5.74) is 3.78. The van der Waals surface area contributed by atoms with Gasteiger partial charge in [0, 0.05) is 42.1 Å². The molecule has 1 fully saturated rings. The third-order valence-electron chi connectivity index (χ3n) is 6.79. The van der Waals surface area contributed by atoms with Crippen molar-refractivity contribution >= 4 is 43.1 Å². The van der Waals surface area contributed by atoms with Crippen molar-refractivity contribution in [1.29, 1.82) is 0 Å². The zero-order chi connectivity index (χ0) is 23.3. The van der Waals surface area contributed by atoms with Crippen LogP contribution in [0.15, 0.2) is 59.8 Å². The molecule has 0 saturated carbocycles. The zero-order valence-corrected chi connectivity index (χ0v) is 20.7. The first-order valence-corrected chi connectivity index (χ1v) is 14.0. The highest BCUT2D eigenvalue weighted by molar-refractivity contribution is 7.92. The summed E-state index contributed by atoms with van der Waals surface area (Å²) in [6.07, 6.45) is 5.88. The van der Waals surface area contributed by atoms with E-state index in [1.807, 2.05) is 43.3 Å². The smallest absolute Gasteiger partial charge is 0.264 e. The van der Waals surface area contributed by atoms with Crippen LogP contribution >= 0.6 is 11.3 Å². The lowest BCUT2D eigenvalue weighted by Gasteiger charge is -2.28. The third-order valence-corrected chi connectivity index (χ3v) is 9.77. The fraction of sp³-hybridized carbons (Fsp3) is 0.308. The standard InChI is InChI=1S/C26H26N4O2S2/c1-18-9-11-19(12-10-18)34(31,32)30-16-13-22-23(20-7-3-4-8-21(20)30)24-25(27-17-28-26(24)33-22)29-14-5-2-6-15-29/h3-4,7-12,17H,2,5-6,13-16H2,1H3. The Bertz CT molecular complexity index is 1470. The van der Waals surface area contributed by atoms with Crippen molar-refractivity contribution in [2.75, 3.05) is 28.8 Å². The molecule has 2 aliphatic heterocycles. The molecule has 0 atom stereocenters. The minimum atomic E-state index is -3.70. The number of anilines is 2. The molecule has 0 unspecified atom stereocenters. The molecule has 4 heterocycles. The van der Waals surface area contributed by atoms with Crippen molar-refractivity contribution in [2.45, 2.75) is 37.5 Å². The van der Waals surface area contributed by atoms with Crippen LogP contribution in [0.5, 0.6) is 0 Å². The van der Waals surface area contributed by atoms with Gasteiger partial charge in [0.2, 0.25) is 0 Å². The SMILES string of the molecule is Cc1ccc(S(=O)(=O)N2CCc3sc4ncnc(N5CCCCC5)c4c3-c3ccccc32)cc1. The molecule has 2 aliphatic rings. The minimum Gasteiger partial charge on any atom is -0.356 e. The molecule has 4 aromatic rings. The van der Waals surface area contributed by atoms with Crippen LogP contribution in [0.1, 0.15) is 29.7 Å². The Morgan fingerprint density at radius 1 is 0.912 bits per heavy atom. The van der Waals surface area contributed by atoms with E-state index in [1.165, 1.54) is 11.3 Å². The average Bonchev–Trinajstić information content (AvgIpc) is 3.15. The van der Waals surface area contributed by atoms with Crippen LogP contribution in [0.2, 0.25) is 0 Å². The maximum Gasteiger partial charge on any atom is 0.264 e. The summed E-state index contributed by atoms with van der Waals surface area (Å²) < 4.78 is 29.1. The lowest BCUT2D eigenvalue weighted by atomic mass is 10.0. The molecule has 1 saturated heterocycles. The first-order valence-electron chi connectivity index (χ1n) is 11.7. The van der Waals surface area contributed by atoms with Gasteiger partial charge in [0.1, 0.15) is 17.0 Å². The number of benzene rings is 2. The van der Waals surface area contributed by atoms with Crippen molar-refractivity contribution in [3.8, 4) is 11.1 Å². The lowest BCUT2D eigenvalue weighted by molar-refractivity contribution is 0.574. The van der Waals surface area contributed by atoms with Crippen LogP contribution in [-0.2, 0) is 16.4 Å². The molecule has 6 nitrogen and oxygen atoms in total. The van der Waals surface area contributed by atoms with E-state index in [4.69, 9.17) is 4.98 Å². The van der Waals surface area contributed by atoms with Crippen LogP contribution in [0.4, 0.5) is 11.5 Å². The largest absolute Gasteiger partial charge is 0.356 e. The predicted octanol–water partition coefficient (Wildman–Crippen LogP) is 5.41. The van der Waals surface area contributed by atoms with Gasteiger partial charge in [0.15, 0.2) is 0 Å². The molecule has 0 radical (unpaired) electrons. The first-order chi connectivity index (χ1) is 16.5. The monoisotopic (exact) mass is 490 g/mol. The number of sulfonamides is 1. The van der Waals surface area contributed by atoms with Crippen molar-refractivity contribution in [2.24, 2.45) is 0 Å². The fourth-order valence-electron chi connectivity index (χ4n) is 5.08. The number of fused-ring (bicyclic) bond motifs is 5. The molecule has 0 amide bonds. The van der Waals surface area contributed by atoms with Crippen molar-refractivity contribution in [3.63, 3.8) is 0 Å². The van der Waals surface area contributed by atoms with Gasteiger partial charge in [-0.1, -0.05) is 35.9 Å². The van der Waals surface area contributed by atoms with E-state index in [0.29, 0.717) is 17.9 Å². The number of nitrogens with zero attached hydrogens (tertiary/aromatic N) is 4. The van der Waals surface area contributed by atoms with Crippen LogP contribution in [0.3, 0.4) is 0 Å². The van der Waals surface area contributed by atoms with Gasteiger partial charge in [-0.05, 0) is 44.4 Å². The molecular formula is C26H26N4O2S2. The normalized spacial score (nSPS) is 16.3. The molecule has 2 aromatic heterocycles. The highest BCUT2D eigenvalue weighted by atomic mass is 32.2. The second-order valence-corrected chi connectivity index (χ2v) is 11.9. The molecule has 0 bridgehead atoms. The number of hydrogen-bond donors (Lipinski definition) is 0. The Balaban J connectivity index is 1.54. The van der Waals surface area contributed by atoms with E-state index in [0.717, 1.165) is 64.3 Å². The number of rotatable bonds is 3. The zero-order valence-electron chi connectivity index (χ0n) is 19.1. The Morgan fingerprint density at radius 2 is 1.68 bits per heavy atom. The lowest BCUT2D eigenvalue weighted by Crippen LogP contribution is -2.32. The third kappa shape index (κ3) is 3.47. The molecule has 6 rings (SSSR count). The highest BCUT2D eigenvalue weighted by Crippen LogP contribution is 2.48. The van der Waals surface area contributed by atoms with Crippen LogP contribution < -0.4 is 9.21 Å². The van der Waals surface area contributed by atoms with E-state index in [2.05, 4.69) is 9.88 Å². The summed E-state index contributed by atoms with van der Waals surface area (Å²) in [4.78, 5) is 14.2. The summed E-state index contributed by atoms with van der Waals surface area (Å²) in [7, 11) is -3.70. The Kier molecular flexibility index (Phi) is 5.30. The van der Waals surface area contributed by atoms with Crippen molar-refractivity contribution < 1.29 is 8.42 Å². The van der Waals surface area contributed by atoms with Gasteiger partial charge in [-0.15, -0.1) is 11.3 Å². The van der Waals surface area contributed by atoms with Crippen LogP contribution in [0.25, 0.3) is 21.3 Å². The van der Waals surface area contributed by atoms with Crippen molar-refractivity contribution in [1.82, 2.24) is 9.97 Å². The number of aromatic nitrogens is 2. The maximum absolute atomic E-state index is 13.8. The number of thiophene rings is 1. The molecule has 34 heavy (non-hydrogen) atoms. The molecule has 0 N–H and O–H groups in total. The molecule has 8 heteroatoms. The number of aryl methyl sites for hydroxylation is 1. The number of hydrogen-bond acceptors (Lipinski definition) is 6. The van der Waals surface area contributed by atoms with Crippen LogP contribution in [0, 0.1) is 6.92 Å². The van der Waals surface area contributed by atoms with Gasteiger partial charge in [0.05, 0.1) is 16.0 Å². The van der Waals surface area contributed by atoms with Crippen molar-refractivity contribution in [3.05, 3.63) is 65.3 Å².